The molecule has 1 N–H and O–H groups in total. The maximum absolute atomic E-state index is 5.49. The number of nitrogens with one attached hydrogen (secondary N) is 1. The smallest absolute Gasteiger partial charge is 0.202 e. The molecule has 0 spiro atoms. The Balaban J connectivity index is 1.39. The third-order valence-corrected chi connectivity index (χ3v) is 6.49. The number of fused-ring (bicyclic) bond motifs is 1. The third-order valence-electron chi connectivity index (χ3n) is 4.85. The van der Waals surface area contributed by atoms with Crippen molar-refractivity contribution in [3.63, 3.8) is 0 Å². The lowest BCUT2D eigenvalue weighted by Gasteiger charge is -2.27. The van der Waals surface area contributed by atoms with Gasteiger partial charge >= 0.3 is 0 Å². The molecule has 0 unspecified atom stereocenters. The van der Waals surface area contributed by atoms with E-state index in [4.69, 9.17) is 17.2 Å². The fourth-order valence-electron chi connectivity index (χ4n) is 3.45. The molecular weight excluding hydrogens is 350 g/mol. The highest BCUT2D eigenvalue weighted by Gasteiger charge is 2.26. The van der Waals surface area contributed by atoms with Gasteiger partial charge in [-0.1, -0.05) is 18.2 Å². The van der Waals surface area contributed by atoms with Gasteiger partial charge in [0.25, 0.3) is 0 Å². The van der Waals surface area contributed by atoms with Gasteiger partial charge in [-0.25, -0.2) is 4.98 Å². The Kier molecular flexibility index (Phi) is 4.78. The van der Waals surface area contributed by atoms with Crippen molar-refractivity contribution >= 4 is 33.8 Å². The minimum absolute atomic E-state index is 0.590. The summed E-state index contributed by atoms with van der Waals surface area (Å²) >= 11 is 7.34. The Morgan fingerprint density at radius 1 is 1.32 bits per heavy atom. The molecule has 3 heterocycles. The van der Waals surface area contributed by atoms with Crippen LogP contribution in [-0.4, -0.2) is 32.4 Å². The zero-order valence-electron chi connectivity index (χ0n) is 14.1. The lowest BCUT2D eigenvalue weighted by molar-refractivity contribution is -0.928. The standard InChI is InChI=1S/C18H21N5S2/c1-2-9-22-12-19-23(18(22)24)13-21-10-7-14(8-11-21)17-20-15-5-3-4-6-16(15)25-17/h2-6,12,14H,1,7-11,13H2/p+1. The first-order valence-corrected chi connectivity index (χ1v) is 9.89. The summed E-state index contributed by atoms with van der Waals surface area (Å²) in [5, 5.41) is 5.73. The second-order valence-electron chi connectivity index (χ2n) is 6.56. The van der Waals surface area contributed by atoms with Gasteiger partial charge in [0.1, 0.15) is 6.33 Å². The number of thiazole rings is 1. The fourth-order valence-corrected chi connectivity index (χ4v) is 4.82. The quantitative estimate of drug-likeness (QED) is 0.553. The van der Waals surface area contributed by atoms with Gasteiger partial charge in [-0.15, -0.1) is 17.9 Å². The van der Waals surface area contributed by atoms with Crippen LogP contribution in [0.25, 0.3) is 10.2 Å². The van der Waals surface area contributed by atoms with Crippen molar-refractivity contribution in [3.8, 4) is 0 Å². The molecule has 0 saturated carbocycles. The van der Waals surface area contributed by atoms with E-state index in [0.717, 1.165) is 30.0 Å². The highest BCUT2D eigenvalue weighted by molar-refractivity contribution is 7.71. The van der Waals surface area contributed by atoms with Crippen molar-refractivity contribution in [2.45, 2.75) is 32.0 Å². The molecule has 2 aromatic heterocycles. The lowest BCUT2D eigenvalue weighted by atomic mass is 9.98. The van der Waals surface area contributed by atoms with E-state index in [9.17, 15) is 0 Å². The largest absolute Gasteiger partial charge is 0.316 e. The number of aromatic nitrogens is 4. The van der Waals surface area contributed by atoms with Crippen molar-refractivity contribution in [3.05, 3.63) is 53.0 Å². The Morgan fingerprint density at radius 2 is 2.12 bits per heavy atom. The molecule has 1 saturated heterocycles. The van der Waals surface area contributed by atoms with Gasteiger partial charge in [-0.3, -0.25) is 0 Å². The summed E-state index contributed by atoms with van der Waals surface area (Å²) in [5.74, 6) is 0.590. The van der Waals surface area contributed by atoms with Gasteiger partial charge in [-0.05, 0) is 24.4 Å². The van der Waals surface area contributed by atoms with Gasteiger partial charge < -0.3 is 9.47 Å². The first-order valence-electron chi connectivity index (χ1n) is 8.67. The Labute approximate surface area is 156 Å². The van der Waals surface area contributed by atoms with E-state index < -0.39 is 0 Å². The van der Waals surface area contributed by atoms with Crippen LogP contribution in [0.2, 0.25) is 0 Å². The van der Waals surface area contributed by atoms with E-state index in [0.29, 0.717) is 12.5 Å². The fraction of sp³-hybridized carbons (Fsp3) is 0.389. The zero-order valence-corrected chi connectivity index (χ0v) is 15.7. The molecule has 1 fully saturated rings. The van der Waals surface area contributed by atoms with Gasteiger partial charge in [-0.2, -0.15) is 9.78 Å². The number of hydrogen-bond donors (Lipinski definition) is 1. The van der Waals surface area contributed by atoms with Crippen LogP contribution >= 0.6 is 23.6 Å². The number of rotatable bonds is 5. The summed E-state index contributed by atoms with van der Waals surface area (Å²) in [4.78, 5) is 6.38. The number of hydrogen-bond acceptors (Lipinski definition) is 4. The number of quaternary nitrogens is 1. The molecule has 7 heteroatoms. The Bertz CT molecular complexity index is 897. The van der Waals surface area contributed by atoms with Gasteiger partial charge in [0.2, 0.25) is 4.77 Å². The number of nitrogens with zero attached hydrogens (tertiary/aromatic N) is 4. The number of para-hydroxylation sites is 1. The molecule has 0 aliphatic carbocycles. The van der Waals surface area contributed by atoms with Crippen molar-refractivity contribution in [1.29, 1.82) is 0 Å². The van der Waals surface area contributed by atoms with Crippen LogP contribution in [0.4, 0.5) is 0 Å². The second kappa shape index (κ2) is 7.19. The SMILES string of the molecule is C=CCn1cnn(C[NH+]2CCC(c3nc4ccccc4s3)CC2)c1=S. The molecule has 4 rings (SSSR count). The Hall–Kier alpha value is -1.83. The van der Waals surface area contributed by atoms with E-state index in [1.54, 1.807) is 6.33 Å². The van der Waals surface area contributed by atoms with Crippen LogP contribution in [0.15, 0.2) is 43.2 Å². The van der Waals surface area contributed by atoms with Crippen LogP contribution in [0, 0.1) is 4.77 Å². The molecule has 0 amide bonds. The monoisotopic (exact) mass is 372 g/mol. The summed E-state index contributed by atoms with van der Waals surface area (Å²) in [7, 11) is 0. The van der Waals surface area contributed by atoms with Crippen molar-refractivity contribution in [1.82, 2.24) is 19.3 Å². The van der Waals surface area contributed by atoms with E-state index in [1.165, 1.54) is 27.4 Å². The maximum atomic E-state index is 5.49. The molecule has 1 aromatic carbocycles. The van der Waals surface area contributed by atoms with E-state index >= 15 is 0 Å². The molecule has 3 aromatic rings. The first kappa shape index (κ1) is 16.6. The molecule has 1 aliphatic rings. The normalized spacial score (nSPS) is 20.8. The lowest BCUT2D eigenvalue weighted by Crippen LogP contribution is -3.12. The van der Waals surface area contributed by atoms with Crippen molar-refractivity contribution < 1.29 is 4.90 Å². The molecule has 0 radical (unpaired) electrons. The minimum atomic E-state index is 0.590. The summed E-state index contributed by atoms with van der Waals surface area (Å²) in [5.41, 5.74) is 1.14. The molecule has 5 nitrogen and oxygen atoms in total. The number of likely N-dealkylation sites (tertiary alicyclic amines) is 1. The molecule has 0 atom stereocenters. The third kappa shape index (κ3) is 3.44. The van der Waals surface area contributed by atoms with Crippen LogP contribution in [0.5, 0.6) is 0 Å². The van der Waals surface area contributed by atoms with Gasteiger partial charge in [0, 0.05) is 25.3 Å². The zero-order chi connectivity index (χ0) is 17.2. The minimum Gasteiger partial charge on any atom is -0.316 e. The van der Waals surface area contributed by atoms with Crippen molar-refractivity contribution in [2.24, 2.45) is 0 Å². The molecule has 25 heavy (non-hydrogen) atoms. The molecular formula is C18H22N5S2+. The van der Waals surface area contributed by atoms with Crippen molar-refractivity contribution in [2.75, 3.05) is 13.1 Å². The molecule has 1 aliphatic heterocycles. The molecule has 130 valence electrons. The number of benzene rings is 1. The summed E-state index contributed by atoms with van der Waals surface area (Å²) in [6, 6.07) is 8.43. The Morgan fingerprint density at radius 3 is 2.88 bits per heavy atom. The molecule has 0 bridgehead atoms. The predicted molar refractivity (Wildman–Crippen MR) is 104 cm³/mol. The average molecular weight is 373 g/mol. The first-order chi connectivity index (χ1) is 12.2. The van der Waals surface area contributed by atoms with Crippen LogP contribution < -0.4 is 4.90 Å². The van der Waals surface area contributed by atoms with Crippen LogP contribution in [-0.2, 0) is 13.2 Å². The van der Waals surface area contributed by atoms with Gasteiger partial charge in [0.15, 0.2) is 6.67 Å². The highest BCUT2D eigenvalue weighted by atomic mass is 32.1. The van der Waals surface area contributed by atoms with Gasteiger partial charge in [0.05, 0.1) is 28.3 Å². The van der Waals surface area contributed by atoms with Crippen LogP contribution in [0.3, 0.4) is 0 Å². The van der Waals surface area contributed by atoms with E-state index in [2.05, 4.69) is 35.9 Å². The summed E-state index contributed by atoms with van der Waals surface area (Å²) in [6.45, 7) is 7.59. The van der Waals surface area contributed by atoms with Crippen LogP contribution in [0.1, 0.15) is 23.8 Å². The topological polar surface area (TPSA) is 40.1 Å². The van der Waals surface area contributed by atoms with E-state index in [-0.39, 0.29) is 0 Å². The van der Waals surface area contributed by atoms with E-state index in [1.807, 2.05) is 26.7 Å². The second-order valence-corrected chi connectivity index (χ2v) is 7.98. The predicted octanol–water partition coefficient (Wildman–Crippen LogP) is 2.63. The summed E-state index contributed by atoms with van der Waals surface area (Å²) in [6.07, 6.45) is 6.00. The maximum Gasteiger partial charge on any atom is 0.202 e. The summed E-state index contributed by atoms with van der Waals surface area (Å²) < 4.78 is 5.97. The number of allylic oxidation sites excluding steroid dienone is 1. The highest BCUT2D eigenvalue weighted by Crippen LogP contribution is 2.31. The number of piperidine rings is 1. The average Bonchev–Trinajstić information content (AvgIpc) is 3.21.